The number of carbonyl (C=O) groups is 2. The molecule has 1 aromatic carbocycles. The first-order chi connectivity index (χ1) is 14.1. The Kier molecular flexibility index (Phi) is 6.30. The molecule has 2 aliphatic rings. The second-order valence-electron chi connectivity index (χ2n) is 9.64. The van der Waals surface area contributed by atoms with E-state index in [1.807, 2.05) is 6.07 Å². The molecule has 1 aromatic rings. The predicted octanol–water partition coefficient (Wildman–Crippen LogP) is 5.76. The molecule has 1 saturated carbocycles. The third kappa shape index (κ3) is 4.26. The SMILES string of the molecule is CCCCCC(C)(C)c1cc(OC(=O)/C=C/C(=O)O)c2c(c1)OC1(C)C(C)CCC21. The van der Waals surface area contributed by atoms with Gasteiger partial charge in [-0.2, -0.15) is 0 Å². The number of ether oxygens (including phenoxy) is 2. The number of aliphatic carboxylic acids is 1. The highest BCUT2D eigenvalue weighted by atomic mass is 16.5. The minimum Gasteiger partial charge on any atom is -0.486 e. The zero-order chi connectivity index (χ0) is 22.1. The molecule has 1 aliphatic heterocycles. The normalized spacial score (nSPS) is 25.1. The first kappa shape index (κ1) is 22.4. The zero-order valence-corrected chi connectivity index (χ0v) is 18.8. The fraction of sp³-hybridized carbons (Fsp3) is 0.600. The van der Waals surface area contributed by atoms with Crippen molar-refractivity contribution in [2.24, 2.45) is 5.92 Å². The van der Waals surface area contributed by atoms with Crippen molar-refractivity contribution in [3.8, 4) is 11.5 Å². The summed E-state index contributed by atoms with van der Waals surface area (Å²) in [5.41, 5.74) is 1.65. The number of benzene rings is 1. The van der Waals surface area contributed by atoms with Crippen LogP contribution in [0.5, 0.6) is 11.5 Å². The number of carbonyl (C=O) groups excluding carboxylic acids is 1. The number of rotatable bonds is 8. The highest BCUT2D eigenvalue weighted by Gasteiger charge is 2.54. The molecule has 164 valence electrons. The van der Waals surface area contributed by atoms with Gasteiger partial charge in [0.05, 0.1) is 0 Å². The fourth-order valence-corrected chi connectivity index (χ4v) is 4.92. The Labute approximate surface area is 179 Å². The number of hydrogen-bond acceptors (Lipinski definition) is 4. The summed E-state index contributed by atoms with van der Waals surface area (Å²) in [5.74, 6) is 0.0372. The van der Waals surface area contributed by atoms with Crippen molar-refractivity contribution >= 4 is 11.9 Å². The maximum atomic E-state index is 12.3. The summed E-state index contributed by atoms with van der Waals surface area (Å²) in [7, 11) is 0. The van der Waals surface area contributed by atoms with Gasteiger partial charge in [0.25, 0.3) is 0 Å². The number of esters is 1. The molecule has 0 bridgehead atoms. The molecule has 1 heterocycles. The summed E-state index contributed by atoms with van der Waals surface area (Å²) in [4.78, 5) is 23.1. The van der Waals surface area contributed by atoms with Gasteiger partial charge in [0.1, 0.15) is 17.1 Å². The van der Waals surface area contributed by atoms with E-state index in [-0.39, 0.29) is 16.9 Å². The van der Waals surface area contributed by atoms with Crippen LogP contribution < -0.4 is 9.47 Å². The van der Waals surface area contributed by atoms with E-state index in [0.29, 0.717) is 11.7 Å². The first-order valence-corrected chi connectivity index (χ1v) is 11.1. The maximum Gasteiger partial charge on any atom is 0.336 e. The van der Waals surface area contributed by atoms with Gasteiger partial charge in [-0.15, -0.1) is 0 Å². The van der Waals surface area contributed by atoms with Crippen LogP contribution in [-0.4, -0.2) is 22.6 Å². The summed E-state index contributed by atoms with van der Waals surface area (Å²) in [6, 6.07) is 4.09. The van der Waals surface area contributed by atoms with Gasteiger partial charge < -0.3 is 14.6 Å². The summed E-state index contributed by atoms with van der Waals surface area (Å²) in [6.45, 7) is 11.0. The number of carboxylic acids is 1. The molecule has 3 unspecified atom stereocenters. The van der Waals surface area contributed by atoms with E-state index in [1.54, 1.807) is 0 Å². The maximum absolute atomic E-state index is 12.3. The van der Waals surface area contributed by atoms with Crippen molar-refractivity contribution in [3.63, 3.8) is 0 Å². The summed E-state index contributed by atoms with van der Waals surface area (Å²) >= 11 is 0. The molecule has 1 N–H and O–H groups in total. The van der Waals surface area contributed by atoms with Gasteiger partial charge in [-0.25, -0.2) is 9.59 Å². The molecule has 0 radical (unpaired) electrons. The van der Waals surface area contributed by atoms with Crippen molar-refractivity contribution in [2.45, 2.75) is 90.1 Å². The quantitative estimate of drug-likeness (QED) is 0.254. The molecule has 5 heteroatoms. The van der Waals surface area contributed by atoms with Crippen LogP contribution in [0.2, 0.25) is 0 Å². The number of unbranched alkanes of at least 4 members (excludes halogenated alkanes) is 2. The van der Waals surface area contributed by atoms with Gasteiger partial charge in [0, 0.05) is 23.6 Å². The van der Waals surface area contributed by atoms with Gasteiger partial charge in [-0.3, -0.25) is 0 Å². The van der Waals surface area contributed by atoms with Crippen molar-refractivity contribution < 1.29 is 24.2 Å². The Morgan fingerprint density at radius 3 is 2.67 bits per heavy atom. The van der Waals surface area contributed by atoms with Gasteiger partial charge in [0.2, 0.25) is 0 Å². The molecule has 0 amide bonds. The van der Waals surface area contributed by atoms with E-state index >= 15 is 0 Å². The monoisotopic (exact) mass is 414 g/mol. The average molecular weight is 415 g/mol. The molecular formula is C25H34O5. The Balaban J connectivity index is 2.00. The van der Waals surface area contributed by atoms with E-state index in [0.717, 1.165) is 54.7 Å². The lowest BCUT2D eigenvalue weighted by atomic mass is 9.78. The largest absolute Gasteiger partial charge is 0.486 e. The number of carboxylic acid groups (broad SMARTS) is 1. The van der Waals surface area contributed by atoms with Crippen molar-refractivity contribution in [3.05, 3.63) is 35.4 Å². The van der Waals surface area contributed by atoms with Crippen LogP contribution in [0.15, 0.2) is 24.3 Å². The molecule has 0 spiro atoms. The Morgan fingerprint density at radius 2 is 2.00 bits per heavy atom. The molecule has 1 fully saturated rings. The lowest BCUT2D eigenvalue weighted by Crippen LogP contribution is -2.35. The van der Waals surface area contributed by atoms with E-state index in [1.165, 1.54) is 12.8 Å². The standard InChI is InChI=1S/C25H34O5/c1-6-7-8-13-24(3,4)17-14-19(29-22(28)12-11-21(26)27)23-18-10-9-16(2)25(18,5)30-20(23)15-17/h11-12,14-16,18H,6-10,13H2,1-5H3,(H,26,27)/b12-11+. The van der Waals surface area contributed by atoms with E-state index in [4.69, 9.17) is 14.6 Å². The topological polar surface area (TPSA) is 72.8 Å². The summed E-state index contributed by atoms with van der Waals surface area (Å²) < 4.78 is 12.2. The number of fused-ring (bicyclic) bond motifs is 3. The molecule has 5 nitrogen and oxygen atoms in total. The average Bonchev–Trinajstić information content (AvgIpc) is 3.11. The zero-order valence-electron chi connectivity index (χ0n) is 18.8. The third-order valence-corrected chi connectivity index (χ3v) is 7.10. The van der Waals surface area contributed by atoms with E-state index in [2.05, 4.69) is 40.7 Å². The minimum atomic E-state index is -1.18. The van der Waals surface area contributed by atoms with Crippen LogP contribution in [0.4, 0.5) is 0 Å². The van der Waals surface area contributed by atoms with Crippen LogP contribution in [0, 0.1) is 5.92 Å². The molecule has 30 heavy (non-hydrogen) atoms. The lowest BCUT2D eigenvalue weighted by molar-refractivity contribution is -0.133. The molecule has 3 atom stereocenters. The number of hydrogen-bond donors (Lipinski definition) is 1. The van der Waals surface area contributed by atoms with Crippen molar-refractivity contribution in [1.82, 2.24) is 0 Å². The molecule has 1 aliphatic carbocycles. The van der Waals surface area contributed by atoms with Crippen molar-refractivity contribution in [2.75, 3.05) is 0 Å². The van der Waals surface area contributed by atoms with Gasteiger partial charge >= 0.3 is 11.9 Å². The fourth-order valence-electron chi connectivity index (χ4n) is 4.92. The Morgan fingerprint density at radius 1 is 1.27 bits per heavy atom. The van der Waals surface area contributed by atoms with Gasteiger partial charge in [-0.1, -0.05) is 47.0 Å². The van der Waals surface area contributed by atoms with E-state index < -0.39 is 11.9 Å². The summed E-state index contributed by atoms with van der Waals surface area (Å²) in [5, 5.41) is 8.81. The first-order valence-electron chi connectivity index (χ1n) is 11.1. The second-order valence-corrected chi connectivity index (χ2v) is 9.64. The van der Waals surface area contributed by atoms with E-state index in [9.17, 15) is 9.59 Å². The van der Waals surface area contributed by atoms with Crippen LogP contribution in [-0.2, 0) is 15.0 Å². The second kappa shape index (κ2) is 8.44. The van der Waals surface area contributed by atoms with Crippen LogP contribution >= 0.6 is 0 Å². The molecule has 3 rings (SSSR count). The third-order valence-electron chi connectivity index (χ3n) is 7.10. The smallest absolute Gasteiger partial charge is 0.336 e. The van der Waals surface area contributed by atoms with Crippen LogP contribution in [0.25, 0.3) is 0 Å². The van der Waals surface area contributed by atoms with Gasteiger partial charge in [-0.05, 0) is 55.2 Å². The van der Waals surface area contributed by atoms with Crippen LogP contribution in [0.1, 0.15) is 90.2 Å². The minimum absolute atomic E-state index is 0.0875. The lowest BCUT2D eigenvalue weighted by Gasteiger charge is -2.29. The molecule has 0 saturated heterocycles. The Hall–Kier alpha value is -2.30. The predicted molar refractivity (Wildman–Crippen MR) is 116 cm³/mol. The molecule has 0 aromatic heterocycles. The highest BCUT2D eigenvalue weighted by molar-refractivity contribution is 5.92. The van der Waals surface area contributed by atoms with Crippen LogP contribution in [0.3, 0.4) is 0 Å². The van der Waals surface area contributed by atoms with Crippen molar-refractivity contribution in [1.29, 1.82) is 0 Å². The summed E-state index contributed by atoms with van der Waals surface area (Å²) in [6.07, 6.45) is 8.33. The highest BCUT2D eigenvalue weighted by Crippen LogP contribution is 2.59. The van der Waals surface area contributed by atoms with Gasteiger partial charge in [0.15, 0.2) is 0 Å². The molecular weight excluding hydrogens is 380 g/mol. The Bertz CT molecular complexity index is 853.